The number of rotatable bonds is 15. The second kappa shape index (κ2) is 14.5. The largest absolute Gasteiger partial charge is 0.481 e. The van der Waals surface area contributed by atoms with Crippen molar-refractivity contribution < 1.29 is 34.2 Å². The number of guanidine groups is 1. The van der Waals surface area contributed by atoms with Gasteiger partial charge in [0.15, 0.2) is 5.96 Å². The second-order valence-electron chi connectivity index (χ2n) is 8.92. The Morgan fingerprint density at radius 2 is 1.89 bits per heavy atom. The first-order valence-corrected chi connectivity index (χ1v) is 12.1. The summed E-state index contributed by atoms with van der Waals surface area (Å²) in [6.07, 6.45) is 3.66. The summed E-state index contributed by atoms with van der Waals surface area (Å²) in [6, 6.07) is -4.43. The Kier molecular flexibility index (Phi) is 11.5. The van der Waals surface area contributed by atoms with Crippen LogP contribution in [0.1, 0.15) is 44.2 Å². The maximum absolute atomic E-state index is 13.5. The molecule has 11 N–H and O–H groups in total. The summed E-state index contributed by atoms with van der Waals surface area (Å²) in [5.41, 5.74) is 17.1. The van der Waals surface area contributed by atoms with Crippen LogP contribution in [-0.4, -0.2) is 98.0 Å². The molecule has 16 heteroatoms. The molecule has 0 aromatic carbocycles. The first kappa shape index (κ1) is 30.0. The van der Waals surface area contributed by atoms with Crippen molar-refractivity contribution in [1.29, 1.82) is 0 Å². The van der Waals surface area contributed by atoms with Gasteiger partial charge in [0, 0.05) is 37.8 Å². The number of carbonyl (C=O) groups excluding carboxylic acids is 3. The van der Waals surface area contributed by atoms with E-state index >= 15 is 0 Å². The van der Waals surface area contributed by atoms with Crippen molar-refractivity contribution in [3.8, 4) is 0 Å². The quantitative estimate of drug-likeness (QED) is 0.0644. The molecular formula is C22H35N9O7. The molecule has 1 aliphatic rings. The SMILES string of the molecule is NC(N)=NCCCC(N)C(=O)NC(Cc1cnc[nH]1)C(=O)N1CCCC1C(=O)NC(CCC(=O)O)C(=O)O. The summed E-state index contributed by atoms with van der Waals surface area (Å²) in [5.74, 6) is -4.49. The molecule has 16 nitrogen and oxygen atoms in total. The minimum atomic E-state index is -1.42. The number of nitrogens with two attached hydrogens (primary N) is 3. The number of aromatic nitrogens is 2. The minimum Gasteiger partial charge on any atom is -0.481 e. The third kappa shape index (κ3) is 9.34. The molecule has 0 aliphatic carbocycles. The van der Waals surface area contributed by atoms with Crippen LogP contribution in [0.4, 0.5) is 0 Å². The van der Waals surface area contributed by atoms with Crippen molar-refractivity contribution >= 4 is 35.6 Å². The fourth-order valence-electron chi connectivity index (χ4n) is 4.04. The summed E-state index contributed by atoms with van der Waals surface area (Å²) >= 11 is 0. The molecule has 0 radical (unpaired) electrons. The minimum absolute atomic E-state index is 0.0481. The maximum Gasteiger partial charge on any atom is 0.326 e. The molecule has 1 saturated heterocycles. The van der Waals surface area contributed by atoms with E-state index in [2.05, 4.69) is 25.6 Å². The number of aliphatic carboxylic acids is 2. The zero-order valence-electron chi connectivity index (χ0n) is 20.8. The van der Waals surface area contributed by atoms with Crippen LogP contribution in [0.3, 0.4) is 0 Å². The van der Waals surface area contributed by atoms with E-state index in [0.29, 0.717) is 18.5 Å². The van der Waals surface area contributed by atoms with Gasteiger partial charge in [0.05, 0.1) is 12.4 Å². The Morgan fingerprint density at radius 3 is 2.50 bits per heavy atom. The summed E-state index contributed by atoms with van der Waals surface area (Å²) in [4.78, 5) is 73.5. The van der Waals surface area contributed by atoms with E-state index in [9.17, 15) is 29.1 Å². The van der Waals surface area contributed by atoms with E-state index in [1.807, 2.05) is 0 Å². The number of nitrogens with zero attached hydrogens (tertiary/aromatic N) is 3. The van der Waals surface area contributed by atoms with Crippen LogP contribution in [-0.2, 0) is 30.4 Å². The van der Waals surface area contributed by atoms with E-state index in [1.54, 1.807) is 0 Å². The Bertz CT molecular complexity index is 1010. The maximum atomic E-state index is 13.5. The molecular weight excluding hydrogens is 502 g/mol. The lowest BCUT2D eigenvalue weighted by atomic mass is 10.1. The first-order valence-electron chi connectivity index (χ1n) is 12.1. The average Bonchev–Trinajstić information content (AvgIpc) is 3.55. The van der Waals surface area contributed by atoms with Gasteiger partial charge in [-0.3, -0.25) is 24.2 Å². The standard InChI is InChI=1S/C22H35N9O7/c23-13(3-1-7-27-22(24)25)18(34)30-15(9-12-10-26-11-28-12)20(36)31-8-2-4-16(31)19(35)29-14(21(37)38)5-6-17(32)33/h10-11,13-16H,1-9,23H2,(H,26,28)(H,29,35)(H,30,34)(H,32,33)(H,37,38)(H4,24,25,27). The summed E-state index contributed by atoms with van der Waals surface area (Å²) in [5, 5.41) is 23.2. The van der Waals surface area contributed by atoms with Gasteiger partial charge in [0.1, 0.15) is 18.1 Å². The molecule has 1 aliphatic heterocycles. The molecule has 1 fully saturated rings. The fourth-order valence-corrected chi connectivity index (χ4v) is 4.04. The zero-order chi connectivity index (χ0) is 28.2. The number of aliphatic imine (C=N–C) groups is 1. The van der Waals surface area contributed by atoms with Gasteiger partial charge in [0.25, 0.3) is 0 Å². The lowest BCUT2D eigenvalue weighted by Gasteiger charge is -2.29. The van der Waals surface area contributed by atoms with E-state index in [-0.39, 0.29) is 44.7 Å². The Labute approximate surface area is 218 Å². The van der Waals surface area contributed by atoms with Gasteiger partial charge in [-0.05, 0) is 32.1 Å². The molecule has 3 amide bonds. The smallest absolute Gasteiger partial charge is 0.326 e. The van der Waals surface area contributed by atoms with Gasteiger partial charge in [-0.25, -0.2) is 9.78 Å². The van der Waals surface area contributed by atoms with Gasteiger partial charge in [-0.15, -0.1) is 0 Å². The monoisotopic (exact) mass is 537 g/mol. The van der Waals surface area contributed by atoms with Crippen LogP contribution >= 0.6 is 0 Å². The van der Waals surface area contributed by atoms with Crippen LogP contribution in [0.5, 0.6) is 0 Å². The highest BCUT2D eigenvalue weighted by Crippen LogP contribution is 2.20. The lowest BCUT2D eigenvalue weighted by Crippen LogP contribution is -2.57. The molecule has 1 aromatic heterocycles. The molecule has 2 heterocycles. The molecule has 38 heavy (non-hydrogen) atoms. The van der Waals surface area contributed by atoms with E-state index in [0.717, 1.165) is 0 Å². The zero-order valence-corrected chi connectivity index (χ0v) is 20.8. The number of hydrogen-bond acceptors (Lipinski definition) is 8. The van der Waals surface area contributed by atoms with Crippen molar-refractivity contribution in [3.05, 3.63) is 18.2 Å². The molecule has 2 rings (SSSR count). The molecule has 210 valence electrons. The number of aromatic amines is 1. The van der Waals surface area contributed by atoms with Crippen LogP contribution in [0.25, 0.3) is 0 Å². The van der Waals surface area contributed by atoms with Crippen molar-refractivity contribution in [2.24, 2.45) is 22.2 Å². The average molecular weight is 538 g/mol. The van der Waals surface area contributed by atoms with E-state index in [4.69, 9.17) is 22.3 Å². The van der Waals surface area contributed by atoms with Gasteiger partial charge >= 0.3 is 11.9 Å². The summed E-state index contributed by atoms with van der Waals surface area (Å²) < 4.78 is 0. The fraction of sp³-hybridized carbons (Fsp3) is 0.591. The predicted molar refractivity (Wildman–Crippen MR) is 133 cm³/mol. The van der Waals surface area contributed by atoms with Crippen molar-refractivity contribution in [1.82, 2.24) is 25.5 Å². The molecule has 0 bridgehead atoms. The van der Waals surface area contributed by atoms with Gasteiger partial charge in [0.2, 0.25) is 17.7 Å². The number of imidazole rings is 1. The third-order valence-electron chi connectivity index (χ3n) is 6.00. The van der Waals surface area contributed by atoms with Crippen LogP contribution in [0, 0.1) is 0 Å². The Balaban J connectivity index is 2.11. The van der Waals surface area contributed by atoms with Crippen LogP contribution in [0.2, 0.25) is 0 Å². The molecule has 0 saturated carbocycles. The number of H-pyrrole nitrogens is 1. The van der Waals surface area contributed by atoms with Gasteiger partial charge in [-0.2, -0.15) is 0 Å². The molecule has 1 aromatic rings. The number of carbonyl (C=O) groups is 5. The normalized spacial score (nSPS) is 17.2. The van der Waals surface area contributed by atoms with Crippen molar-refractivity contribution in [2.75, 3.05) is 13.1 Å². The Hall–Kier alpha value is -4.21. The van der Waals surface area contributed by atoms with E-state index in [1.165, 1.54) is 17.4 Å². The van der Waals surface area contributed by atoms with E-state index < -0.39 is 60.2 Å². The molecule has 4 unspecified atom stereocenters. The molecule has 0 spiro atoms. The Morgan fingerprint density at radius 1 is 1.16 bits per heavy atom. The highest BCUT2D eigenvalue weighted by molar-refractivity contribution is 5.94. The molecule has 4 atom stereocenters. The van der Waals surface area contributed by atoms with Crippen molar-refractivity contribution in [2.45, 2.75) is 69.1 Å². The van der Waals surface area contributed by atoms with Crippen molar-refractivity contribution in [3.63, 3.8) is 0 Å². The number of likely N-dealkylation sites (tertiary alicyclic amines) is 1. The van der Waals surface area contributed by atoms with Gasteiger partial charge < -0.3 is 47.9 Å². The van der Waals surface area contributed by atoms with Gasteiger partial charge in [-0.1, -0.05) is 0 Å². The number of amides is 3. The number of nitrogens with one attached hydrogen (secondary N) is 3. The highest BCUT2D eigenvalue weighted by atomic mass is 16.4. The summed E-state index contributed by atoms with van der Waals surface area (Å²) in [6.45, 7) is 0.498. The number of carboxylic acid groups (broad SMARTS) is 2. The second-order valence-corrected chi connectivity index (χ2v) is 8.92. The number of hydrogen-bond donors (Lipinski definition) is 8. The predicted octanol–water partition coefficient (Wildman–Crippen LogP) is -2.76. The lowest BCUT2D eigenvalue weighted by molar-refractivity contribution is -0.145. The number of carboxylic acids is 2. The highest BCUT2D eigenvalue weighted by Gasteiger charge is 2.39. The third-order valence-corrected chi connectivity index (χ3v) is 6.00. The van der Waals surface area contributed by atoms with Crippen LogP contribution in [0.15, 0.2) is 17.5 Å². The topological polar surface area (TPSA) is 272 Å². The first-order chi connectivity index (χ1) is 18.0. The van der Waals surface area contributed by atoms with Crippen LogP contribution < -0.4 is 27.8 Å². The summed E-state index contributed by atoms with van der Waals surface area (Å²) in [7, 11) is 0.